The van der Waals surface area contributed by atoms with Gasteiger partial charge in [-0.25, -0.2) is 0 Å². The summed E-state index contributed by atoms with van der Waals surface area (Å²) in [4.78, 5) is 14.8. The molecule has 27 heavy (non-hydrogen) atoms. The number of carbonyl (C=O) groups excluding carboxylic acids is 1. The standard InChI is InChI=1S/C20H27N5OS/c1-14-7-8-18(15(2)11-14)25-20(21-22-23-25)27-13-19(26)24-10-9-16-5-3-4-6-17(16)12-24/h7-8,11,16-17H,3-6,9-10,12-13H2,1-2H3/t16-,17-/m0/s1. The van der Waals surface area contributed by atoms with Gasteiger partial charge in [0.2, 0.25) is 11.1 Å². The highest BCUT2D eigenvalue weighted by atomic mass is 32.2. The van der Waals surface area contributed by atoms with Crippen molar-refractivity contribution in [3.05, 3.63) is 29.3 Å². The summed E-state index contributed by atoms with van der Waals surface area (Å²) >= 11 is 1.43. The Morgan fingerprint density at radius 2 is 2.00 bits per heavy atom. The third kappa shape index (κ3) is 4.03. The fraction of sp³-hybridized carbons (Fsp3) is 0.600. The SMILES string of the molecule is Cc1ccc(-n2nnnc2SCC(=O)N2CC[C@@H]3CCCC[C@H]3C2)c(C)c1. The molecule has 2 aromatic rings. The van der Waals surface area contributed by atoms with Crippen molar-refractivity contribution in [3.8, 4) is 5.69 Å². The molecule has 1 aliphatic heterocycles. The second kappa shape index (κ2) is 8.00. The van der Waals surface area contributed by atoms with E-state index < -0.39 is 0 Å². The number of aromatic nitrogens is 4. The van der Waals surface area contributed by atoms with Gasteiger partial charge in [-0.15, -0.1) is 5.10 Å². The minimum absolute atomic E-state index is 0.208. The van der Waals surface area contributed by atoms with Gasteiger partial charge in [0, 0.05) is 13.1 Å². The smallest absolute Gasteiger partial charge is 0.233 e. The van der Waals surface area contributed by atoms with Crippen LogP contribution in [0.25, 0.3) is 5.69 Å². The number of benzene rings is 1. The molecule has 1 amide bonds. The largest absolute Gasteiger partial charge is 0.342 e. The van der Waals surface area contributed by atoms with E-state index in [-0.39, 0.29) is 5.91 Å². The molecule has 1 aromatic carbocycles. The number of hydrogen-bond acceptors (Lipinski definition) is 5. The highest BCUT2D eigenvalue weighted by molar-refractivity contribution is 7.99. The van der Waals surface area contributed by atoms with E-state index in [1.165, 1.54) is 49.4 Å². The number of piperidine rings is 1. The van der Waals surface area contributed by atoms with Crippen LogP contribution in [0.1, 0.15) is 43.2 Å². The van der Waals surface area contributed by atoms with E-state index in [1.807, 2.05) is 6.07 Å². The van der Waals surface area contributed by atoms with Crippen LogP contribution in [-0.2, 0) is 4.79 Å². The Morgan fingerprint density at radius 3 is 2.81 bits per heavy atom. The molecule has 2 heterocycles. The summed E-state index contributed by atoms with van der Waals surface area (Å²) in [5.74, 6) is 2.15. The lowest BCUT2D eigenvalue weighted by Crippen LogP contribution is -2.45. The van der Waals surface area contributed by atoms with E-state index in [1.54, 1.807) is 4.68 Å². The molecule has 1 aromatic heterocycles. The molecule has 1 aliphatic carbocycles. The maximum Gasteiger partial charge on any atom is 0.233 e. The van der Waals surface area contributed by atoms with Crippen LogP contribution in [0.3, 0.4) is 0 Å². The molecule has 7 heteroatoms. The van der Waals surface area contributed by atoms with Crippen LogP contribution in [0, 0.1) is 25.7 Å². The number of hydrogen-bond donors (Lipinski definition) is 0. The highest BCUT2D eigenvalue weighted by Gasteiger charge is 2.32. The molecule has 0 radical (unpaired) electrons. The molecule has 0 unspecified atom stereocenters. The third-order valence-electron chi connectivity index (χ3n) is 5.99. The van der Waals surface area contributed by atoms with Crippen LogP contribution in [0.5, 0.6) is 0 Å². The van der Waals surface area contributed by atoms with E-state index in [0.29, 0.717) is 16.8 Å². The van der Waals surface area contributed by atoms with Gasteiger partial charge in [-0.05, 0) is 60.6 Å². The Hall–Kier alpha value is -1.89. The average molecular weight is 386 g/mol. The van der Waals surface area contributed by atoms with Crippen LogP contribution in [0.2, 0.25) is 0 Å². The molecule has 1 saturated carbocycles. The van der Waals surface area contributed by atoms with Crippen molar-refractivity contribution in [2.24, 2.45) is 11.8 Å². The lowest BCUT2D eigenvalue weighted by molar-refractivity contribution is -0.131. The summed E-state index contributed by atoms with van der Waals surface area (Å²) in [6.45, 7) is 5.97. The predicted molar refractivity (Wildman–Crippen MR) is 106 cm³/mol. The Kier molecular flexibility index (Phi) is 5.48. The minimum Gasteiger partial charge on any atom is -0.342 e. The highest BCUT2D eigenvalue weighted by Crippen LogP contribution is 2.36. The molecule has 1 saturated heterocycles. The predicted octanol–water partition coefficient (Wildman–Crippen LogP) is 3.41. The number of thioether (sulfide) groups is 1. The Bertz CT molecular complexity index is 820. The molecule has 4 rings (SSSR count). The summed E-state index contributed by atoms with van der Waals surface area (Å²) in [6, 6.07) is 6.20. The van der Waals surface area contributed by atoms with Crippen molar-refractivity contribution in [2.45, 2.75) is 51.1 Å². The number of rotatable bonds is 4. The fourth-order valence-corrected chi connectivity index (χ4v) is 5.29. The maximum absolute atomic E-state index is 12.8. The van der Waals surface area contributed by atoms with Crippen molar-refractivity contribution in [2.75, 3.05) is 18.8 Å². The summed E-state index contributed by atoms with van der Waals surface area (Å²) in [5, 5.41) is 12.8. The number of amides is 1. The van der Waals surface area contributed by atoms with E-state index in [2.05, 4.69) is 46.4 Å². The van der Waals surface area contributed by atoms with Gasteiger partial charge >= 0.3 is 0 Å². The molecule has 144 valence electrons. The first kappa shape index (κ1) is 18.5. The number of aryl methyl sites for hydroxylation is 2. The zero-order chi connectivity index (χ0) is 18.8. The molecule has 6 nitrogen and oxygen atoms in total. The van der Waals surface area contributed by atoms with Crippen molar-refractivity contribution in [1.82, 2.24) is 25.1 Å². The molecule has 2 fully saturated rings. The fourth-order valence-electron chi connectivity index (χ4n) is 4.51. The van der Waals surface area contributed by atoms with Crippen molar-refractivity contribution in [1.29, 1.82) is 0 Å². The lowest BCUT2D eigenvalue weighted by atomic mass is 9.75. The van der Waals surface area contributed by atoms with Crippen molar-refractivity contribution >= 4 is 17.7 Å². The van der Waals surface area contributed by atoms with Gasteiger partial charge in [-0.3, -0.25) is 4.79 Å². The van der Waals surface area contributed by atoms with Gasteiger partial charge in [0.05, 0.1) is 11.4 Å². The summed E-state index contributed by atoms with van der Waals surface area (Å²) in [7, 11) is 0. The summed E-state index contributed by atoms with van der Waals surface area (Å²) < 4.78 is 1.74. The number of nitrogens with zero attached hydrogens (tertiary/aromatic N) is 5. The summed E-state index contributed by atoms with van der Waals surface area (Å²) in [5.41, 5.74) is 3.29. The van der Waals surface area contributed by atoms with Crippen LogP contribution in [0.15, 0.2) is 23.4 Å². The molecule has 0 spiro atoms. The minimum atomic E-state index is 0.208. The van der Waals surface area contributed by atoms with Gasteiger partial charge in [-0.2, -0.15) is 4.68 Å². The molecule has 2 aliphatic rings. The van der Waals surface area contributed by atoms with Crippen LogP contribution in [0.4, 0.5) is 0 Å². The quantitative estimate of drug-likeness (QED) is 0.755. The first-order valence-corrected chi connectivity index (χ1v) is 10.9. The second-order valence-corrected chi connectivity index (χ2v) is 8.83. The Morgan fingerprint density at radius 1 is 1.19 bits per heavy atom. The maximum atomic E-state index is 12.8. The van der Waals surface area contributed by atoms with Gasteiger partial charge < -0.3 is 4.90 Å². The number of fused-ring (bicyclic) bond motifs is 1. The Labute approximate surface area is 164 Å². The molecular formula is C20H27N5OS. The first-order chi connectivity index (χ1) is 13.1. The van der Waals surface area contributed by atoms with Crippen LogP contribution in [-0.4, -0.2) is 49.9 Å². The van der Waals surface area contributed by atoms with Crippen LogP contribution >= 0.6 is 11.8 Å². The normalized spacial score (nSPS) is 22.5. The van der Waals surface area contributed by atoms with Crippen molar-refractivity contribution < 1.29 is 4.79 Å². The molecular weight excluding hydrogens is 358 g/mol. The molecule has 0 bridgehead atoms. The lowest BCUT2D eigenvalue weighted by Gasteiger charge is -2.41. The topological polar surface area (TPSA) is 63.9 Å². The average Bonchev–Trinajstić information content (AvgIpc) is 3.14. The van der Waals surface area contributed by atoms with Gasteiger partial charge in [0.15, 0.2) is 0 Å². The molecule has 2 atom stereocenters. The van der Waals surface area contributed by atoms with Gasteiger partial charge in [0.1, 0.15) is 0 Å². The van der Waals surface area contributed by atoms with E-state index >= 15 is 0 Å². The van der Waals surface area contributed by atoms with Crippen molar-refractivity contribution in [3.63, 3.8) is 0 Å². The number of carbonyl (C=O) groups is 1. The van der Waals surface area contributed by atoms with E-state index in [9.17, 15) is 4.79 Å². The second-order valence-electron chi connectivity index (χ2n) is 7.88. The summed E-state index contributed by atoms with van der Waals surface area (Å²) in [6.07, 6.45) is 6.49. The number of tetrazole rings is 1. The third-order valence-corrected chi connectivity index (χ3v) is 6.89. The Balaban J connectivity index is 1.39. The first-order valence-electron chi connectivity index (χ1n) is 9.88. The van der Waals surface area contributed by atoms with Crippen LogP contribution < -0.4 is 0 Å². The zero-order valence-corrected chi connectivity index (χ0v) is 16.9. The molecule has 0 N–H and O–H groups in total. The van der Waals surface area contributed by atoms with E-state index in [0.717, 1.165) is 30.3 Å². The number of likely N-dealkylation sites (tertiary alicyclic amines) is 1. The van der Waals surface area contributed by atoms with Gasteiger partial charge in [0.25, 0.3) is 0 Å². The van der Waals surface area contributed by atoms with Gasteiger partial charge in [-0.1, -0.05) is 48.7 Å². The zero-order valence-electron chi connectivity index (χ0n) is 16.1. The van der Waals surface area contributed by atoms with E-state index in [4.69, 9.17) is 0 Å². The monoisotopic (exact) mass is 385 g/mol.